The zero-order valence-corrected chi connectivity index (χ0v) is 7.24. The van der Waals surface area contributed by atoms with Gasteiger partial charge in [0.25, 0.3) is 0 Å². The third-order valence-electron chi connectivity index (χ3n) is 0.664. The minimum atomic E-state index is -3.87. The van der Waals surface area contributed by atoms with E-state index in [4.69, 9.17) is 9.29 Å². The van der Waals surface area contributed by atoms with Crippen LogP contribution in [-0.2, 0) is 13.9 Å². The van der Waals surface area contributed by atoms with E-state index in [1.54, 1.807) is 0 Å². The van der Waals surface area contributed by atoms with Crippen LogP contribution in [0.3, 0.4) is 0 Å². The lowest BCUT2D eigenvalue weighted by molar-refractivity contribution is 0.164. The molecule has 4 nitrogen and oxygen atoms in total. The van der Waals surface area contributed by atoms with Gasteiger partial charge in [-0.1, -0.05) is 0 Å². The van der Waals surface area contributed by atoms with E-state index in [2.05, 4.69) is 0 Å². The zero-order chi connectivity index (χ0) is 8.04. The van der Waals surface area contributed by atoms with Crippen LogP contribution in [0, 0.1) is 0 Å². The highest BCUT2D eigenvalue weighted by Gasteiger charge is 2.02. The molecule has 0 saturated heterocycles. The molecule has 0 amide bonds. The fraction of sp³-hybridized carbons (Fsp3) is 1.00. The predicted octanol–water partition coefficient (Wildman–Crippen LogP) is 0.559. The molecule has 0 aromatic carbocycles. The molecule has 0 radical (unpaired) electrons. The first kappa shape index (κ1) is 10.2. The van der Waals surface area contributed by atoms with Gasteiger partial charge in [-0.05, 0) is 17.7 Å². The van der Waals surface area contributed by atoms with Crippen molar-refractivity contribution in [1.82, 2.24) is 0 Å². The van der Waals surface area contributed by atoms with Gasteiger partial charge in [-0.25, -0.2) is 0 Å². The van der Waals surface area contributed by atoms with Gasteiger partial charge in [0, 0.05) is 12.4 Å². The maximum atomic E-state index is 10.1. The summed E-state index contributed by atoms with van der Waals surface area (Å²) in [7, 11) is -3.39. The Morgan fingerprint density at radius 1 is 1.60 bits per heavy atom. The van der Waals surface area contributed by atoms with Crippen molar-refractivity contribution >= 4 is 19.9 Å². The fourth-order valence-electron chi connectivity index (χ4n) is 0.343. The van der Waals surface area contributed by atoms with Crippen LogP contribution in [0.15, 0.2) is 0 Å². The first-order valence-electron chi connectivity index (χ1n) is 2.76. The summed E-state index contributed by atoms with van der Waals surface area (Å²) >= 11 is 0. The second-order valence-electron chi connectivity index (χ2n) is 1.45. The van der Waals surface area contributed by atoms with E-state index in [-0.39, 0.29) is 5.75 Å². The highest BCUT2D eigenvalue weighted by molar-refractivity contribution is 8.69. The Kier molecular flexibility index (Phi) is 5.06. The van der Waals surface area contributed by atoms with Crippen molar-refractivity contribution in [3.05, 3.63) is 0 Å². The molecule has 0 aliphatic carbocycles. The van der Waals surface area contributed by atoms with Crippen molar-refractivity contribution in [3.8, 4) is 0 Å². The number of hydrogen-bond acceptors (Lipinski definition) is 4. The molecule has 0 unspecified atom stereocenters. The standard InChI is InChI=1S/C4H10O4S2/c1-2-8-3-4-9-10(5,6)7/h2-4H2,1H3,(H,5,6,7). The van der Waals surface area contributed by atoms with Crippen LogP contribution in [-0.4, -0.2) is 31.9 Å². The average molecular weight is 186 g/mol. The van der Waals surface area contributed by atoms with Gasteiger partial charge in [0.1, 0.15) is 0 Å². The van der Waals surface area contributed by atoms with E-state index in [9.17, 15) is 8.42 Å². The van der Waals surface area contributed by atoms with E-state index in [0.29, 0.717) is 24.0 Å². The fourth-order valence-corrected chi connectivity index (χ4v) is 1.58. The Hall–Kier alpha value is 0.220. The molecule has 1 N–H and O–H groups in total. The summed E-state index contributed by atoms with van der Waals surface area (Å²) in [5.41, 5.74) is 0. The highest BCUT2D eigenvalue weighted by atomic mass is 33.1. The van der Waals surface area contributed by atoms with E-state index >= 15 is 0 Å². The van der Waals surface area contributed by atoms with Gasteiger partial charge in [-0.15, -0.1) is 0 Å². The summed E-state index contributed by atoms with van der Waals surface area (Å²) in [6, 6.07) is 0. The van der Waals surface area contributed by atoms with Gasteiger partial charge >= 0.3 is 9.15 Å². The van der Waals surface area contributed by atoms with Crippen molar-refractivity contribution in [2.45, 2.75) is 6.92 Å². The summed E-state index contributed by atoms with van der Waals surface area (Å²) in [6.07, 6.45) is 0. The largest absolute Gasteiger partial charge is 0.381 e. The molecule has 0 bridgehead atoms. The molecule has 10 heavy (non-hydrogen) atoms. The Bertz CT molecular complexity index is 162. The quantitative estimate of drug-likeness (QED) is 0.386. The Morgan fingerprint density at radius 2 is 2.20 bits per heavy atom. The van der Waals surface area contributed by atoms with E-state index < -0.39 is 9.15 Å². The van der Waals surface area contributed by atoms with Crippen LogP contribution >= 0.6 is 10.8 Å². The van der Waals surface area contributed by atoms with Crippen molar-refractivity contribution in [1.29, 1.82) is 0 Å². The summed E-state index contributed by atoms with van der Waals surface area (Å²) in [5, 5.41) is 0. The molecule has 0 rings (SSSR count). The lowest BCUT2D eigenvalue weighted by Gasteiger charge is -1.97. The van der Waals surface area contributed by atoms with Gasteiger partial charge in [0.05, 0.1) is 6.61 Å². The Morgan fingerprint density at radius 3 is 2.60 bits per heavy atom. The molecule has 0 aliphatic rings. The minimum Gasteiger partial charge on any atom is -0.381 e. The average Bonchev–Trinajstić information content (AvgIpc) is 1.78. The maximum absolute atomic E-state index is 10.1. The van der Waals surface area contributed by atoms with Gasteiger partial charge in [-0.2, -0.15) is 8.42 Å². The molecular weight excluding hydrogens is 176 g/mol. The highest BCUT2D eigenvalue weighted by Crippen LogP contribution is 2.07. The number of rotatable bonds is 5. The molecule has 0 fully saturated rings. The molecular formula is C4H10O4S2. The van der Waals surface area contributed by atoms with Crippen molar-refractivity contribution < 1.29 is 17.7 Å². The van der Waals surface area contributed by atoms with Crippen molar-refractivity contribution in [3.63, 3.8) is 0 Å². The smallest absolute Gasteiger partial charge is 0.319 e. The van der Waals surface area contributed by atoms with Crippen molar-refractivity contribution in [2.24, 2.45) is 0 Å². The Balaban J connectivity index is 3.21. The van der Waals surface area contributed by atoms with Gasteiger partial charge in [0.2, 0.25) is 0 Å². The summed E-state index contributed by atoms with van der Waals surface area (Å²) in [4.78, 5) is 0. The number of ether oxygens (including phenoxy) is 1. The van der Waals surface area contributed by atoms with Crippen molar-refractivity contribution in [2.75, 3.05) is 19.0 Å². The van der Waals surface area contributed by atoms with Gasteiger partial charge in [-0.3, -0.25) is 4.55 Å². The topological polar surface area (TPSA) is 63.6 Å². The molecule has 0 atom stereocenters. The minimum absolute atomic E-state index is 0.271. The normalized spacial score (nSPS) is 11.8. The summed E-state index contributed by atoms with van der Waals surface area (Å²) in [5.74, 6) is 0.271. The molecule has 62 valence electrons. The van der Waals surface area contributed by atoms with Gasteiger partial charge < -0.3 is 4.74 Å². The second kappa shape index (κ2) is 4.95. The van der Waals surface area contributed by atoms with Crippen LogP contribution in [0.2, 0.25) is 0 Å². The zero-order valence-electron chi connectivity index (χ0n) is 5.61. The monoisotopic (exact) mass is 186 g/mol. The van der Waals surface area contributed by atoms with Crippen LogP contribution in [0.5, 0.6) is 0 Å². The maximum Gasteiger partial charge on any atom is 0.319 e. The van der Waals surface area contributed by atoms with E-state index in [1.165, 1.54) is 0 Å². The van der Waals surface area contributed by atoms with Crippen LogP contribution < -0.4 is 0 Å². The molecule has 6 heteroatoms. The Labute approximate surface area is 64.1 Å². The SMILES string of the molecule is CCOCCSS(=O)(=O)O. The third-order valence-corrected chi connectivity index (χ3v) is 2.69. The second-order valence-corrected chi connectivity index (χ2v) is 4.92. The predicted molar refractivity (Wildman–Crippen MR) is 40.5 cm³/mol. The van der Waals surface area contributed by atoms with E-state index in [0.717, 1.165) is 0 Å². The van der Waals surface area contributed by atoms with Crippen LogP contribution in [0.25, 0.3) is 0 Å². The molecule has 0 aromatic rings. The summed E-state index contributed by atoms with van der Waals surface area (Å²) in [6.45, 7) is 2.73. The van der Waals surface area contributed by atoms with Crippen LogP contribution in [0.4, 0.5) is 0 Å². The molecule has 0 heterocycles. The van der Waals surface area contributed by atoms with Crippen LogP contribution in [0.1, 0.15) is 6.92 Å². The molecule has 0 aromatic heterocycles. The molecule has 0 aliphatic heterocycles. The molecule has 0 saturated carbocycles. The molecule has 0 spiro atoms. The first-order chi connectivity index (χ1) is 4.56. The third kappa shape index (κ3) is 8.22. The lowest BCUT2D eigenvalue weighted by atomic mass is 10.8. The number of hydrogen-bond donors (Lipinski definition) is 1. The van der Waals surface area contributed by atoms with E-state index in [1.807, 2.05) is 6.92 Å². The summed E-state index contributed by atoms with van der Waals surface area (Å²) < 4.78 is 33.1. The first-order valence-corrected chi connectivity index (χ1v) is 5.70. The van der Waals surface area contributed by atoms with Gasteiger partial charge in [0.15, 0.2) is 0 Å². The lowest BCUT2D eigenvalue weighted by Crippen LogP contribution is -1.99.